The number of thiophene rings is 1. The van der Waals surface area contributed by atoms with Crippen LogP contribution >= 0.6 is 22.9 Å². The minimum absolute atomic E-state index is 0.0159. The molecule has 0 fully saturated rings. The molecule has 92 valence electrons. The summed E-state index contributed by atoms with van der Waals surface area (Å²) in [5, 5.41) is 0. The molecule has 0 amide bonds. The highest BCUT2D eigenvalue weighted by Crippen LogP contribution is 2.28. The zero-order chi connectivity index (χ0) is 12.2. The Labute approximate surface area is 107 Å². The molecule has 1 aromatic heterocycles. The predicted octanol–water partition coefficient (Wildman–Crippen LogP) is 3.48. The highest BCUT2D eigenvalue weighted by Gasteiger charge is 2.33. The van der Waals surface area contributed by atoms with E-state index in [9.17, 15) is 0 Å². The lowest BCUT2D eigenvalue weighted by Gasteiger charge is -2.36. The van der Waals surface area contributed by atoms with E-state index >= 15 is 0 Å². The summed E-state index contributed by atoms with van der Waals surface area (Å²) in [7, 11) is 1.74. The van der Waals surface area contributed by atoms with Crippen molar-refractivity contribution in [2.45, 2.75) is 44.8 Å². The van der Waals surface area contributed by atoms with Gasteiger partial charge in [-0.3, -0.25) is 0 Å². The van der Waals surface area contributed by atoms with Crippen molar-refractivity contribution >= 4 is 22.9 Å². The van der Waals surface area contributed by atoms with Gasteiger partial charge in [0.2, 0.25) is 0 Å². The van der Waals surface area contributed by atoms with Crippen LogP contribution in [0.3, 0.4) is 0 Å². The van der Waals surface area contributed by atoms with Crippen molar-refractivity contribution in [2.75, 3.05) is 7.11 Å². The Morgan fingerprint density at radius 3 is 2.44 bits per heavy atom. The van der Waals surface area contributed by atoms with Crippen molar-refractivity contribution in [1.29, 1.82) is 0 Å². The average molecular weight is 262 g/mol. The molecule has 0 bridgehead atoms. The minimum Gasteiger partial charge on any atom is -0.377 e. The fourth-order valence-electron chi connectivity index (χ4n) is 2.08. The minimum atomic E-state index is -0.212. The number of rotatable bonds is 6. The summed E-state index contributed by atoms with van der Waals surface area (Å²) in [4.78, 5) is 1.22. The van der Waals surface area contributed by atoms with E-state index in [0.717, 1.165) is 23.6 Å². The summed E-state index contributed by atoms with van der Waals surface area (Å²) >= 11 is 7.50. The number of halogens is 1. The molecule has 1 atom stereocenters. The largest absolute Gasteiger partial charge is 0.377 e. The van der Waals surface area contributed by atoms with Crippen LogP contribution in [0.4, 0.5) is 0 Å². The van der Waals surface area contributed by atoms with Crippen molar-refractivity contribution < 1.29 is 4.74 Å². The van der Waals surface area contributed by atoms with Crippen molar-refractivity contribution in [1.82, 2.24) is 0 Å². The number of ether oxygens (including phenoxy) is 1. The third-order valence-electron chi connectivity index (χ3n) is 3.33. The molecule has 0 aliphatic heterocycles. The van der Waals surface area contributed by atoms with Crippen LogP contribution in [0.2, 0.25) is 4.34 Å². The van der Waals surface area contributed by atoms with Gasteiger partial charge < -0.3 is 10.5 Å². The number of methoxy groups -OCH3 is 1. The Bertz CT molecular complexity index is 314. The van der Waals surface area contributed by atoms with E-state index in [2.05, 4.69) is 13.8 Å². The summed E-state index contributed by atoms with van der Waals surface area (Å²) in [6.07, 6.45) is 2.69. The van der Waals surface area contributed by atoms with E-state index in [-0.39, 0.29) is 11.6 Å². The Kier molecular flexibility index (Phi) is 5.25. The monoisotopic (exact) mass is 261 g/mol. The van der Waals surface area contributed by atoms with Crippen molar-refractivity contribution in [3.63, 3.8) is 0 Å². The maximum atomic E-state index is 6.26. The summed E-state index contributed by atoms with van der Waals surface area (Å²) in [6.45, 7) is 4.24. The van der Waals surface area contributed by atoms with Gasteiger partial charge in [-0.15, -0.1) is 11.3 Å². The second-order valence-electron chi connectivity index (χ2n) is 3.99. The lowest BCUT2D eigenvalue weighted by Crippen LogP contribution is -2.49. The van der Waals surface area contributed by atoms with Gasteiger partial charge in [0, 0.05) is 18.0 Å². The normalized spacial score (nSPS) is 14.1. The highest BCUT2D eigenvalue weighted by molar-refractivity contribution is 7.16. The van der Waals surface area contributed by atoms with Crippen LogP contribution in [0.15, 0.2) is 12.1 Å². The second-order valence-corrected chi connectivity index (χ2v) is 5.79. The van der Waals surface area contributed by atoms with E-state index in [1.54, 1.807) is 18.4 Å². The zero-order valence-corrected chi connectivity index (χ0v) is 11.7. The van der Waals surface area contributed by atoms with Crippen LogP contribution in [0.5, 0.6) is 0 Å². The molecule has 0 aromatic carbocycles. The zero-order valence-electron chi connectivity index (χ0n) is 10.1. The Morgan fingerprint density at radius 2 is 2.06 bits per heavy atom. The maximum absolute atomic E-state index is 6.26. The van der Waals surface area contributed by atoms with Crippen LogP contribution < -0.4 is 5.73 Å². The van der Waals surface area contributed by atoms with Gasteiger partial charge in [-0.1, -0.05) is 25.4 Å². The smallest absolute Gasteiger partial charge is 0.0931 e. The first-order valence-electron chi connectivity index (χ1n) is 5.63. The summed E-state index contributed by atoms with van der Waals surface area (Å²) in [5.74, 6) is 0. The van der Waals surface area contributed by atoms with Crippen molar-refractivity contribution in [2.24, 2.45) is 5.73 Å². The van der Waals surface area contributed by atoms with E-state index < -0.39 is 0 Å². The topological polar surface area (TPSA) is 35.2 Å². The van der Waals surface area contributed by atoms with Gasteiger partial charge in [-0.25, -0.2) is 0 Å². The molecule has 0 spiro atoms. The second kappa shape index (κ2) is 6.01. The first-order chi connectivity index (χ1) is 7.57. The first kappa shape index (κ1) is 14.0. The molecule has 4 heteroatoms. The van der Waals surface area contributed by atoms with Crippen molar-refractivity contribution in [3.8, 4) is 0 Å². The third-order valence-corrected chi connectivity index (χ3v) is 4.58. The van der Waals surface area contributed by atoms with Gasteiger partial charge in [-0.05, 0) is 31.4 Å². The average Bonchev–Trinajstić information content (AvgIpc) is 2.67. The summed E-state index contributed by atoms with van der Waals surface area (Å²) in [5.41, 5.74) is 6.05. The molecule has 2 N–H and O–H groups in total. The van der Waals surface area contributed by atoms with E-state index in [0.29, 0.717) is 0 Å². The van der Waals surface area contributed by atoms with E-state index in [4.69, 9.17) is 22.1 Å². The molecular formula is C12H20ClNOS. The Morgan fingerprint density at radius 1 is 1.44 bits per heavy atom. The molecule has 16 heavy (non-hydrogen) atoms. The van der Waals surface area contributed by atoms with Gasteiger partial charge in [0.15, 0.2) is 0 Å². The predicted molar refractivity (Wildman–Crippen MR) is 71.3 cm³/mol. The Balaban J connectivity index is 2.72. The molecule has 0 saturated carbocycles. The van der Waals surface area contributed by atoms with Gasteiger partial charge >= 0.3 is 0 Å². The molecule has 2 nitrogen and oxygen atoms in total. The van der Waals surface area contributed by atoms with Crippen molar-refractivity contribution in [3.05, 3.63) is 21.3 Å². The molecule has 0 aliphatic carbocycles. The summed E-state index contributed by atoms with van der Waals surface area (Å²) < 4.78 is 6.44. The van der Waals surface area contributed by atoms with Crippen LogP contribution in [0, 0.1) is 0 Å². The fraction of sp³-hybridized carbons (Fsp3) is 0.667. The van der Waals surface area contributed by atoms with Gasteiger partial charge in [0.1, 0.15) is 0 Å². The molecule has 0 saturated heterocycles. The molecule has 1 heterocycles. The molecule has 1 aromatic rings. The maximum Gasteiger partial charge on any atom is 0.0931 e. The molecule has 1 rings (SSSR count). The van der Waals surface area contributed by atoms with E-state index in [1.165, 1.54) is 4.88 Å². The quantitative estimate of drug-likeness (QED) is 0.851. The number of hydrogen-bond acceptors (Lipinski definition) is 3. The lowest BCUT2D eigenvalue weighted by atomic mass is 9.86. The summed E-state index contributed by atoms with van der Waals surface area (Å²) in [6, 6.07) is 3.97. The molecular weight excluding hydrogens is 242 g/mol. The molecule has 1 unspecified atom stereocenters. The highest BCUT2D eigenvalue weighted by atomic mass is 35.5. The lowest BCUT2D eigenvalue weighted by molar-refractivity contribution is -0.0372. The van der Waals surface area contributed by atoms with Gasteiger partial charge in [-0.2, -0.15) is 0 Å². The molecule has 0 aliphatic rings. The number of nitrogens with two attached hydrogens (primary N) is 1. The first-order valence-corrected chi connectivity index (χ1v) is 6.82. The fourth-order valence-corrected chi connectivity index (χ4v) is 3.22. The standard InChI is InChI=1S/C12H20ClNOS/c1-4-12(5-2,15-3)10(14)8-9-6-7-11(13)16-9/h6-7,10H,4-5,8,14H2,1-3H3. The SMILES string of the molecule is CCC(CC)(OC)C(N)Cc1ccc(Cl)s1. The van der Waals surface area contributed by atoms with Crippen LogP contribution in [0.1, 0.15) is 31.6 Å². The molecule has 0 radical (unpaired) electrons. The van der Waals surface area contributed by atoms with Crippen LogP contribution in [-0.4, -0.2) is 18.8 Å². The Hall–Kier alpha value is -0.0900. The third kappa shape index (κ3) is 2.98. The van der Waals surface area contributed by atoms with Crippen LogP contribution in [-0.2, 0) is 11.2 Å². The van der Waals surface area contributed by atoms with Crippen LogP contribution in [0.25, 0.3) is 0 Å². The number of hydrogen-bond donors (Lipinski definition) is 1. The van der Waals surface area contributed by atoms with E-state index in [1.807, 2.05) is 12.1 Å². The van der Waals surface area contributed by atoms with Gasteiger partial charge in [0.05, 0.1) is 9.94 Å². The van der Waals surface area contributed by atoms with Gasteiger partial charge in [0.25, 0.3) is 0 Å².